The summed E-state index contributed by atoms with van der Waals surface area (Å²) in [5.41, 5.74) is 0.268. The van der Waals surface area contributed by atoms with Crippen LogP contribution in [0.15, 0.2) is 5.18 Å². The minimum atomic E-state index is -0.558. The predicted octanol–water partition coefficient (Wildman–Crippen LogP) is 2.97. The van der Waals surface area contributed by atoms with Crippen LogP contribution < -0.4 is 0 Å². The Morgan fingerprint density at radius 2 is 2.00 bits per heavy atom. The van der Waals surface area contributed by atoms with E-state index in [2.05, 4.69) is 32.9 Å². The molecule has 0 aliphatic rings. The van der Waals surface area contributed by atoms with Gasteiger partial charge in [-0.3, -0.25) is 0 Å². The van der Waals surface area contributed by atoms with E-state index in [-0.39, 0.29) is 12.0 Å². The summed E-state index contributed by atoms with van der Waals surface area (Å²) in [5, 5.41) is 12.1. The zero-order valence-electron chi connectivity index (χ0n) is 9.79. The molecule has 0 saturated carbocycles. The van der Waals surface area contributed by atoms with Gasteiger partial charge in [0.15, 0.2) is 0 Å². The molecule has 0 fully saturated rings. The second-order valence-electron chi connectivity index (χ2n) is 4.67. The van der Waals surface area contributed by atoms with Gasteiger partial charge >= 0.3 is 0 Å². The molecule has 0 aliphatic heterocycles. The van der Waals surface area contributed by atoms with E-state index in [1.165, 1.54) is 0 Å². The highest BCUT2D eigenvalue weighted by molar-refractivity contribution is 4.77. The third kappa shape index (κ3) is 4.18. The molecule has 0 aromatic carbocycles. The first-order chi connectivity index (χ1) is 6.46. The SMILES string of the molecule is CCC(C)(CCC(O)CN=O)C(C)C. The fraction of sp³-hybridized carbons (Fsp3) is 1.00. The average Bonchev–Trinajstić information content (AvgIpc) is 2.14. The van der Waals surface area contributed by atoms with Crippen LogP contribution in [-0.2, 0) is 0 Å². The maximum Gasteiger partial charge on any atom is 0.107 e. The van der Waals surface area contributed by atoms with Crippen LogP contribution in [0.4, 0.5) is 0 Å². The third-order valence-electron chi connectivity index (χ3n) is 3.54. The Morgan fingerprint density at radius 1 is 1.43 bits per heavy atom. The fourth-order valence-electron chi connectivity index (χ4n) is 1.55. The average molecular weight is 201 g/mol. The lowest BCUT2D eigenvalue weighted by molar-refractivity contribution is 0.119. The second kappa shape index (κ2) is 6.12. The molecule has 3 heteroatoms. The number of nitroso groups, excluding NO2 is 1. The smallest absolute Gasteiger partial charge is 0.107 e. The Morgan fingerprint density at radius 3 is 2.36 bits per heavy atom. The van der Waals surface area contributed by atoms with Gasteiger partial charge in [0.25, 0.3) is 0 Å². The highest BCUT2D eigenvalue weighted by Crippen LogP contribution is 2.35. The minimum Gasteiger partial charge on any atom is -0.391 e. The summed E-state index contributed by atoms with van der Waals surface area (Å²) in [6, 6.07) is 0. The molecule has 1 N–H and O–H groups in total. The lowest BCUT2D eigenvalue weighted by Gasteiger charge is -2.33. The van der Waals surface area contributed by atoms with Crippen molar-refractivity contribution >= 4 is 0 Å². The van der Waals surface area contributed by atoms with E-state index < -0.39 is 6.10 Å². The topological polar surface area (TPSA) is 49.7 Å². The zero-order chi connectivity index (χ0) is 11.2. The van der Waals surface area contributed by atoms with E-state index in [1.54, 1.807) is 0 Å². The van der Waals surface area contributed by atoms with Crippen molar-refractivity contribution in [2.45, 2.75) is 53.1 Å². The molecule has 0 amide bonds. The summed E-state index contributed by atoms with van der Waals surface area (Å²) in [4.78, 5) is 9.93. The van der Waals surface area contributed by atoms with E-state index in [4.69, 9.17) is 0 Å². The van der Waals surface area contributed by atoms with Crippen molar-refractivity contribution in [1.82, 2.24) is 0 Å². The molecule has 84 valence electrons. The first-order valence-electron chi connectivity index (χ1n) is 5.43. The third-order valence-corrected chi connectivity index (χ3v) is 3.54. The van der Waals surface area contributed by atoms with Crippen molar-refractivity contribution in [2.75, 3.05) is 6.54 Å². The summed E-state index contributed by atoms with van der Waals surface area (Å²) < 4.78 is 0. The molecule has 3 nitrogen and oxygen atoms in total. The van der Waals surface area contributed by atoms with Gasteiger partial charge in [0.2, 0.25) is 0 Å². The van der Waals surface area contributed by atoms with Gasteiger partial charge in [-0.05, 0) is 24.2 Å². The van der Waals surface area contributed by atoms with Crippen LogP contribution >= 0.6 is 0 Å². The molecule has 2 atom stereocenters. The Balaban J connectivity index is 4.00. The van der Waals surface area contributed by atoms with Crippen LogP contribution in [0.3, 0.4) is 0 Å². The van der Waals surface area contributed by atoms with Crippen molar-refractivity contribution in [3.63, 3.8) is 0 Å². The quantitative estimate of drug-likeness (QED) is 0.644. The minimum absolute atomic E-state index is 0.0257. The lowest BCUT2D eigenvalue weighted by Crippen LogP contribution is -2.25. The number of hydrogen-bond acceptors (Lipinski definition) is 3. The maximum absolute atomic E-state index is 9.93. The molecule has 0 aliphatic carbocycles. The van der Waals surface area contributed by atoms with Gasteiger partial charge < -0.3 is 5.11 Å². The molecule has 14 heavy (non-hydrogen) atoms. The van der Waals surface area contributed by atoms with Crippen molar-refractivity contribution in [3.05, 3.63) is 4.91 Å². The molecule has 0 radical (unpaired) electrons. The van der Waals surface area contributed by atoms with E-state index in [9.17, 15) is 10.0 Å². The normalized spacial score (nSPS) is 17.9. The van der Waals surface area contributed by atoms with Crippen molar-refractivity contribution in [2.24, 2.45) is 16.5 Å². The molecule has 0 heterocycles. The van der Waals surface area contributed by atoms with Gasteiger partial charge in [-0.1, -0.05) is 39.3 Å². The van der Waals surface area contributed by atoms with Crippen LogP contribution in [0.1, 0.15) is 47.0 Å². The number of aliphatic hydroxyl groups excluding tert-OH is 1. The van der Waals surface area contributed by atoms with Crippen molar-refractivity contribution < 1.29 is 5.11 Å². The van der Waals surface area contributed by atoms with Gasteiger partial charge in [-0.2, -0.15) is 4.91 Å². The summed E-state index contributed by atoms with van der Waals surface area (Å²) in [6.45, 7) is 8.84. The van der Waals surface area contributed by atoms with Gasteiger partial charge in [0, 0.05) is 0 Å². The van der Waals surface area contributed by atoms with Crippen LogP contribution in [0, 0.1) is 16.2 Å². The van der Waals surface area contributed by atoms with E-state index >= 15 is 0 Å². The second-order valence-corrected chi connectivity index (χ2v) is 4.67. The number of rotatable bonds is 7. The zero-order valence-corrected chi connectivity index (χ0v) is 9.79. The largest absolute Gasteiger partial charge is 0.391 e. The molecule has 0 rings (SSSR count). The first kappa shape index (κ1) is 13.6. The Labute approximate surface area is 86.9 Å². The number of aliphatic hydroxyl groups is 1. The highest BCUT2D eigenvalue weighted by Gasteiger charge is 2.26. The molecular formula is C11H23NO2. The standard InChI is InChI=1S/C11H23NO2/c1-5-11(4,9(2)3)7-6-10(13)8-12-14/h9-10,13H,5-8H2,1-4H3. The van der Waals surface area contributed by atoms with Crippen LogP contribution in [0.5, 0.6) is 0 Å². The Hall–Kier alpha value is -0.440. The molecule has 2 unspecified atom stereocenters. The van der Waals surface area contributed by atoms with Crippen molar-refractivity contribution in [3.8, 4) is 0 Å². The molecule has 0 aromatic heterocycles. The van der Waals surface area contributed by atoms with Crippen molar-refractivity contribution in [1.29, 1.82) is 0 Å². The lowest BCUT2D eigenvalue weighted by atomic mass is 9.73. The Kier molecular flexibility index (Phi) is 5.93. The maximum atomic E-state index is 9.93. The summed E-state index contributed by atoms with van der Waals surface area (Å²) in [6.07, 6.45) is 2.18. The molecule has 0 bridgehead atoms. The summed E-state index contributed by atoms with van der Waals surface area (Å²) >= 11 is 0. The molecule has 0 aromatic rings. The fourth-order valence-corrected chi connectivity index (χ4v) is 1.55. The van der Waals surface area contributed by atoms with Gasteiger partial charge in [-0.15, -0.1) is 0 Å². The predicted molar refractivity (Wildman–Crippen MR) is 59.1 cm³/mol. The molecule has 0 spiro atoms. The Bertz CT molecular complexity index is 171. The number of nitrogens with zero attached hydrogens (tertiary/aromatic N) is 1. The van der Waals surface area contributed by atoms with E-state index in [0.29, 0.717) is 12.3 Å². The highest BCUT2D eigenvalue weighted by atomic mass is 16.3. The molecular weight excluding hydrogens is 178 g/mol. The van der Waals surface area contributed by atoms with E-state index in [0.717, 1.165) is 12.8 Å². The molecule has 0 saturated heterocycles. The summed E-state index contributed by atoms with van der Waals surface area (Å²) in [7, 11) is 0. The van der Waals surface area contributed by atoms with Crippen LogP contribution in [0.25, 0.3) is 0 Å². The van der Waals surface area contributed by atoms with Crippen LogP contribution in [-0.4, -0.2) is 17.8 Å². The van der Waals surface area contributed by atoms with Gasteiger partial charge in [0.1, 0.15) is 6.54 Å². The first-order valence-corrected chi connectivity index (χ1v) is 5.43. The monoisotopic (exact) mass is 201 g/mol. The summed E-state index contributed by atoms with van der Waals surface area (Å²) in [5.74, 6) is 0.601. The van der Waals surface area contributed by atoms with Crippen LogP contribution in [0.2, 0.25) is 0 Å². The number of hydrogen-bond donors (Lipinski definition) is 1. The van der Waals surface area contributed by atoms with Gasteiger partial charge in [-0.25, -0.2) is 0 Å². The van der Waals surface area contributed by atoms with Gasteiger partial charge in [0.05, 0.1) is 6.10 Å². The van der Waals surface area contributed by atoms with E-state index in [1.807, 2.05) is 0 Å².